The van der Waals surface area contributed by atoms with Gasteiger partial charge in [-0.3, -0.25) is 9.59 Å². The maximum atomic E-state index is 11.6. The van der Waals surface area contributed by atoms with E-state index in [2.05, 4.69) is 4.74 Å². The molecule has 29 heavy (non-hydrogen) atoms. The van der Waals surface area contributed by atoms with Crippen LogP contribution in [0.15, 0.2) is 0 Å². The minimum Gasteiger partial charge on any atom is -0.469 e. The molecule has 1 aliphatic rings. The fourth-order valence-electron chi connectivity index (χ4n) is 3.91. The Kier molecular flexibility index (Phi) is 10.5. The number of hydrogen-bond donors (Lipinski definition) is 1. The van der Waals surface area contributed by atoms with E-state index in [0.29, 0.717) is 19.3 Å². The molecule has 0 spiro atoms. The molecule has 0 aliphatic carbocycles. The fourth-order valence-corrected chi connectivity index (χ4v) is 3.91. The molecule has 0 amide bonds. The Morgan fingerprint density at radius 2 is 1.76 bits per heavy atom. The average molecular weight is 420 g/mol. The van der Waals surface area contributed by atoms with Crippen molar-refractivity contribution in [2.45, 2.75) is 83.3 Å². The van der Waals surface area contributed by atoms with Gasteiger partial charge in [-0.25, -0.2) is 0 Å². The predicted molar refractivity (Wildman–Crippen MR) is 103 cm³/mol. The summed E-state index contributed by atoms with van der Waals surface area (Å²) in [6.45, 7) is 5.20. The van der Waals surface area contributed by atoms with Crippen LogP contribution in [0.1, 0.15) is 46.5 Å². The third-order valence-electron chi connectivity index (χ3n) is 5.46. The quantitative estimate of drug-likeness (QED) is 0.392. The zero-order valence-corrected chi connectivity index (χ0v) is 18.5. The molecule has 0 unspecified atom stereocenters. The van der Waals surface area contributed by atoms with Crippen LogP contribution in [0.25, 0.3) is 0 Å². The molecule has 9 nitrogen and oxygen atoms in total. The molecule has 1 N–H and O–H groups in total. The number of ether oxygens (including phenoxy) is 6. The summed E-state index contributed by atoms with van der Waals surface area (Å²) >= 11 is 0. The van der Waals surface area contributed by atoms with Gasteiger partial charge in [0.15, 0.2) is 6.29 Å². The van der Waals surface area contributed by atoms with Crippen molar-refractivity contribution in [1.82, 2.24) is 0 Å². The summed E-state index contributed by atoms with van der Waals surface area (Å²) in [4.78, 5) is 23.0. The van der Waals surface area contributed by atoms with Crippen molar-refractivity contribution in [3.05, 3.63) is 0 Å². The van der Waals surface area contributed by atoms with Crippen molar-refractivity contribution in [1.29, 1.82) is 0 Å². The molecule has 1 fully saturated rings. The number of aliphatic hydroxyl groups excluding tert-OH is 1. The highest BCUT2D eigenvalue weighted by molar-refractivity contribution is 5.69. The van der Waals surface area contributed by atoms with E-state index in [4.69, 9.17) is 23.7 Å². The van der Waals surface area contributed by atoms with Gasteiger partial charge in [-0.1, -0.05) is 13.8 Å². The SMILES string of the molecule is COC(=O)CCC[C@H](C[C@H]1O[C@H](C(OC)OC)[C@H](O)[C@@H](OC)C1(C)C)OC(C)=O. The standard InChI is InChI=1S/C20H36O9/c1-12(21)28-13(9-8-10-15(22)24-4)11-14-20(2,3)18(25-5)16(23)17(29-14)19(26-6)27-7/h13-14,16-19,23H,8-11H2,1-7H3/t13-,14-,16+,17+,18-/m1/s1. The average Bonchev–Trinajstić information content (AvgIpc) is 2.65. The number of methoxy groups -OCH3 is 4. The second-order valence-corrected chi connectivity index (χ2v) is 7.83. The molecule has 170 valence electrons. The molecular formula is C20H36O9. The molecule has 1 aliphatic heterocycles. The van der Waals surface area contributed by atoms with Crippen LogP contribution in [0, 0.1) is 5.41 Å². The molecule has 0 radical (unpaired) electrons. The number of hydrogen-bond acceptors (Lipinski definition) is 9. The highest BCUT2D eigenvalue weighted by atomic mass is 16.7. The lowest BCUT2D eigenvalue weighted by Gasteiger charge is -2.51. The van der Waals surface area contributed by atoms with E-state index in [1.807, 2.05) is 13.8 Å². The van der Waals surface area contributed by atoms with E-state index in [-0.39, 0.29) is 12.4 Å². The van der Waals surface area contributed by atoms with Crippen molar-refractivity contribution < 1.29 is 43.1 Å². The number of carbonyl (C=O) groups excluding carboxylic acids is 2. The van der Waals surface area contributed by atoms with Crippen molar-refractivity contribution in [3.63, 3.8) is 0 Å². The predicted octanol–water partition coefficient (Wildman–Crippen LogP) is 1.44. The summed E-state index contributed by atoms with van der Waals surface area (Å²) in [5, 5.41) is 10.8. The first-order chi connectivity index (χ1) is 13.6. The lowest BCUT2D eigenvalue weighted by Crippen LogP contribution is -2.63. The minimum atomic E-state index is -0.970. The van der Waals surface area contributed by atoms with Crippen molar-refractivity contribution in [2.75, 3.05) is 28.4 Å². The summed E-state index contributed by atoms with van der Waals surface area (Å²) in [6, 6.07) is 0. The topological polar surface area (TPSA) is 110 Å². The van der Waals surface area contributed by atoms with Gasteiger partial charge >= 0.3 is 11.9 Å². The zero-order valence-electron chi connectivity index (χ0n) is 18.5. The van der Waals surface area contributed by atoms with Crippen LogP contribution in [0.5, 0.6) is 0 Å². The van der Waals surface area contributed by atoms with E-state index < -0.39 is 48.2 Å². The highest BCUT2D eigenvalue weighted by Crippen LogP contribution is 2.42. The Labute approximate surface area is 172 Å². The smallest absolute Gasteiger partial charge is 0.305 e. The molecule has 5 atom stereocenters. The first-order valence-electron chi connectivity index (χ1n) is 9.78. The molecule has 9 heteroatoms. The Balaban J connectivity index is 3.00. The van der Waals surface area contributed by atoms with Gasteiger partial charge in [0.2, 0.25) is 0 Å². The second-order valence-electron chi connectivity index (χ2n) is 7.83. The third kappa shape index (κ3) is 6.89. The minimum absolute atomic E-state index is 0.237. The number of esters is 2. The van der Waals surface area contributed by atoms with Gasteiger partial charge in [-0.15, -0.1) is 0 Å². The Hall–Kier alpha value is -1.26. The van der Waals surface area contributed by atoms with Crippen LogP contribution in [-0.4, -0.2) is 82.3 Å². The summed E-state index contributed by atoms with van der Waals surface area (Å²) in [6.07, 6.45) is -2.36. The van der Waals surface area contributed by atoms with E-state index in [9.17, 15) is 14.7 Å². The van der Waals surface area contributed by atoms with Crippen LogP contribution in [0.2, 0.25) is 0 Å². The summed E-state index contributed by atoms with van der Waals surface area (Å²) < 4.78 is 32.5. The summed E-state index contributed by atoms with van der Waals surface area (Å²) in [5.41, 5.74) is -0.586. The first-order valence-corrected chi connectivity index (χ1v) is 9.78. The molecule has 1 rings (SSSR count). The van der Waals surface area contributed by atoms with Gasteiger partial charge < -0.3 is 33.5 Å². The van der Waals surface area contributed by atoms with Crippen LogP contribution in [0.3, 0.4) is 0 Å². The Bertz CT molecular complexity index is 518. The Morgan fingerprint density at radius 3 is 2.24 bits per heavy atom. The number of rotatable bonds is 11. The van der Waals surface area contributed by atoms with Crippen LogP contribution in [-0.2, 0) is 38.0 Å². The van der Waals surface area contributed by atoms with Crippen LogP contribution >= 0.6 is 0 Å². The number of carbonyl (C=O) groups is 2. The van der Waals surface area contributed by atoms with Crippen molar-refractivity contribution in [3.8, 4) is 0 Å². The molecule has 1 heterocycles. The van der Waals surface area contributed by atoms with E-state index in [1.54, 1.807) is 0 Å². The van der Waals surface area contributed by atoms with Gasteiger partial charge in [-0.05, 0) is 12.8 Å². The maximum Gasteiger partial charge on any atom is 0.305 e. The Morgan fingerprint density at radius 1 is 1.14 bits per heavy atom. The lowest BCUT2D eigenvalue weighted by molar-refractivity contribution is -0.297. The molecular weight excluding hydrogens is 384 g/mol. The van der Waals surface area contributed by atoms with E-state index >= 15 is 0 Å². The van der Waals surface area contributed by atoms with E-state index in [1.165, 1.54) is 35.4 Å². The highest BCUT2D eigenvalue weighted by Gasteiger charge is 2.53. The normalized spacial score (nSPS) is 27.5. The monoisotopic (exact) mass is 420 g/mol. The summed E-state index contributed by atoms with van der Waals surface area (Å²) in [5.74, 6) is -0.722. The van der Waals surface area contributed by atoms with Gasteiger partial charge in [0.05, 0.1) is 19.3 Å². The maximum absolute atomic E-state index is 11.6. The van der Waals surface area contributed by atoms with Crippen molar-refractivity contribution >= 4 is 11.9 Å². The van der Waals surface area contributed by atoms with Gasteiger partial charge in [0.25, 0.3) is 0 Å². The summed E-state index contributed by atoms with van der Waals surface area (Å²) in [7, 11) is 5.80. The van der Waals surface area contributed by atoms with Gasteiger partial charge in [-0.2, -0.15) is 0 Å². The van der Waals surface area contributed by atoms with E-state index in [0.717, 1.165) is 0 Å². The van der Waals surface area contributed by atoms with Gasteiger partial charge in [0, 0.05) is 46.5 Å². The fraction of sp³-hybridized carbons (Fsp3) is 0.900. The zero-order chi connectivity index (χ0) is 22.2. The molecule has 0 bridgehead atoms. The van der Waals surface area contributed by atoms with Gasteiger partial charge in [0.1, 0.15) is 18.3 Å². The molecule has 0 aromatic heterocycles. The number of aliphatic hydroxyl groups is 1. The third-order valence-corrected chi connectivity index (χ3v) is 5.46. The van der Waals surface area contributed by atoms with Crippen LogP contribution in [0.4, 0.5) is 0 Å². The first kappa shape index (κ1) is 25.8. The van der Waals surface area contributed by atoms with Crippen LogP contribution < -0.4 is 0 Å². The molecule has 0 aromatic carbocycles. The molecule has 0 aromatic rings. The largest absolute Gasteiger partial charge is 0.469 e. The molecule has 0 saturated carbocycles. The van der Waals surface area contributed by atoms with Crippen molar-refractivity contribution in [2.24, 2.45) is 5.41 Å². The lowest BCUT2D eigenvalue weighted by atomic mass is 9.72. The second kappa shape index (κ2) is 11.8. The molecule has 1 saturated heterocycles.